The summed E-state index contributed by atoms with van der Waals surface area (Å²) in [4.78, 5) is 37.3. The van der Waals surface area contributed by atoms with Gasteiger partial charge in [-0.05, 0) is 50.2 Å². The number of fused-ring (bicyclic) bond motifs is 1. The molecule has 1 aromatic heterocycles. The smallest absolute Gasteiger partial charge is 0.265 e. The minimum atomic E-state index is -0.983. The van der Waals surface area contributed by atoms with E-state index in [1.54, 1.807) is 55.5 Å². The van der Waals surface area contributed by atoms with E-state index in [1.165, 1.54) is 6.92 Å². The number of para-hydroxylation sites is 1. The standard InChI is InChI=1S/C27H24N2O5/c1-16-8-10-19(11-9-16)25-26(24(31)22-6-4-5-7-23(22)34-25)33-17(2)27(32)29-21-14-12-20(13-15-21)28-18(3)30/h4-15,17H,1-3H3,(H,28,30)(H,29,32). The van der Waals surface area contributed by atoms with Gasteiger partial charge in [-0.15, -0.1) is 0 Å². The Hall–Kier alpha value is -4.39. The van der Waals surface area contributed by atoms with Gasteiger partial charge in [-0.1, -0.05) is 42.0 Å². The minimum absolute atomic E-state index is 0.0220. The van der Waals surface area contributed by atoms with Gasteiger partial charge in [0.1, 0.15) is 5.58 Å². The molecule has 34 heavy (non-hydrogen) atoms. The maximum absolute atomic E-state index is 13.3. The van der Waals surface area contributed by atoms with Gasteiger partial charge in [0.25, 0.3) is 5.91 Å². The van der Waals surface area contributed by atoms with Crippen LogP contribution in [-0.4, -0.2) is 17.9 Å². The Morgan fingerprint density at radius 3 is 2.15 bits per heavy atom. The number of benzene rings is 3. The van der Waals surface area contributed by atoms with Gasteiger partial charge < -0.3 is 19.8 Å². The summed E-state index contributed by atoms with van der Waals surface area (Å²) in [6, 6.07) is 21.1. The number of rotatable bonds is 6. The van der Waals surface area contributed by atoms with Crippen molar-refractivity contribution in [3.05, 3.63) is 88.6 Å². The van der Waals surface area contributed by atoms with Crippen LogP contribution in [0, 0.1) is 6.92 Å². The van der Waals surface area contributed by atoms with Gasteiger partial charge in [0, 0.05) is 23.9 Å². The van der Waals surface area contributed by atoms with Crippen LogP contribution in [0.2, 0.25) is 0 Å². The highest BCUT2D eigenvalue weighted by molar-refractivity contribution is 5.95. The molecule has 0 radical (unpaired) electrons. The first-order valence-corrected chi connectivity index (χ1v) is 10.8. The van der Waals surface area contributed by atoms with E-state index in [1.807, 2.05) is 31.2 Å². The highest BCUT2D eigenvalue weighted by atomic mass is 16.5. The summed E-state index contributed by atoms with van der Waals surface area (Å²) >= 11 is 0. The fourth-order valence-corrected chi connectivity index (χ4v) is 3.44. The van der Waals surface area contributed by atoms with Crippen molar-refractivity contribution in [3.8, 4) is 17.1 Å². The largest absolute Gasteiger partial charge is 0.473 e. The van der Waals surface area contributed by atoms with Crippen LogP contribution >= 0.6 is 0 Å². The van der Waals surface area contributed by atoms with Crippen LogP contribution in [0.4, 0.5) is 11.4 Å². The average Bonchev–Trinajstić information content (AvgIpc) is 2.82. The van der Waals surface area contributed by atoms with E-state index in [9.17, 15) is 14.4 Å². The van der Waals surface area contributed by atoms with Gasteiger partial charge in [0.2, 0.25) is 17.1 Å². The maximum Gasteiger partial charge on any atom is 0.265 e. The molecule has 0 aliphatic carbocycles. The van der Waals surface area contributed by atoms with Crippen LogP contribution in [-0.2, 0) is 9.59 Å². The van der Waals surface area contributed by atoms with Crippen molar-refractivity contribution in [1.82, 2.24) is 0 Å². The maximum atomic E-state index is 13.3. The molecular formula is C27H24N2O5. The third-order valence-corrected chi connectivity index (χ3v) is 5.21. The van der Waals surface area contributed by atoms with Crippen LogP contribution in [0.3, 0.4) is 0 Å². The predicted molar refractivity (Wildman–Crippen MR) is 132 cm³/mol. The van der Waals surface area contributed by atoms with E-state index in [2.05, 4.69) is 10.6 Å². The highest BCUT2D eigenvalue weighted by Crippen LogP contribution is 2.31. The van der Waals surface area contributed by atoms with E-state index in [0.29, 0.717) is 27.9 Å². The molecule has 4 aromatic rings. The zero-order chi connectivity index (χ0) is 24.2. The molecular weight excluding hydrogens is 432 g/mol. The second-order valence-corrected chi connectivity index (χ2v) is 7.96. The summed E-state index contributed by atoms with van der Waals surface area (Å²) in [6.07, 6.45) is -0.983. The fraction of sp³-hybridized carbons (Fsp3) is 0.148. The van der Waals surface area contributed by atoms with Crippen molar-refractivity contribution in [2.24, 2.45) is 0 Å². The lowest BCUT2D eigenvalue weighted by atomic mass is 10.1. The van der Waals surface area contributed by atoms with Crippen LogP contribution in [0.5, 0.6) is 5.75 Å². The second kappa shape index (κ2) is 9.62. The van der Waals surface area contributed by atoms with Crippen LogP contribution in [0.25, 0.3) is 22.3 Å². The quantitative estimate of drug-likeness (QED) is 0.419. The Labute approximate surface area is 196 Å². The molecule has 1 unspecified atom stereocenters. The number of amides is 2. The van der Waals surface area contributed by atoms with Gasteiger partial charge >= 0.3 is 0 Å². The third kappa shape index (κ3) is 4.99. The lowest BCUT2D eigenvalue weighted by molar-refractivity contribution is -0.122. The van der Waals surface area contributed by atoms with Crippen LogP contribution < -0.4 is 20.8 Å². The molecule has 2 N–H and O–H groups in total. The van der Waals surface area contributed by atoms with E-state index in [4.69, 9.17) is 9.15 Å². The number of carbonyl (C=O) groups excluding carboxylic acids is 2. The van der Waals surface area contributed by atoms with Crippen LogP contribution in [0.1, 0.15) is 19.4 Å². The zero-order valence-corrected chi connectivity index (χ0v) is 19.0. The number of ether oxygens (including phenoxy) is 1. The predicted octanol–water partition coefficient (Wildman–Crippen LogP) is 5.13. The Kier molecular flexibility index (Phi) is 6.45. The van der Waals surface area contributed by atoms with Crippen molar-refractivity contribution < 1.29 is 18.7 Å². The molecule has 4 rings (SSSR count). The monoisotopic (exact) mass is 456 g/mol. The third-order valence-electron chi connectivity index (χ3n) is 5.21. The molecule has 0 fully saturated rings. The number of hydrogen-bond acceptors (Lipinski definition) is 5. The summed E-state index contributed by atoms with van der Waals surface area (Å²) in [5, 5.41) is 5.79. The molecule has 0 aliphatic rings. The molecule has 3 aromatic carbocycles. The second-order valence-electron chi connectivity index (χ2n) is 7.96. The van der Waals surface area contributed by atoms with Crippen molar-refractivity contribution >= 4 is 34.2 Å². The lowest BCUT2D eigenvalue weighted by Gasteiger charge is -2.17. The van der Waals surface area contributed by atoms with Crippen molar-refractivity contribution in [3.63, 3.8) is 0 Å². The van der Waals surface area contributed by atoms with Gasteiger partial charge in [0.15, 0.2) is 11.9 Å². The topological polar surface area (TPSA) is 97.6 Å². The molecule has 0 bridgehead atoms. The number of anilines is 2. The lowest BCUT2D eigenvalue weighted by Crippen LogP contribution is -2.31. The minimum Gasteiger partial charge on any atom is -0.473 e. The molecule has 0 aliphatic heterocycles. The first kappa shape index (κ1) is 22.8. The molecule has 1 heterocycles. The van der Waals surface area contributed by atoms with E-state index < -0.39 is 12.0 Å². The Morgan fingerprint density at radius 1 is 0.882 bits per heavy atom. The average molecular weight is 456 g/mol. The molecule has 7 nitrogen and oxygen atoms in total. The molecule has 0 saturated carbocycles. The summed E-state index contributed by atoms with van der Waals surface area (Å²) in [6.45, 7) is 4.95. The number of hydrogen-bond donors (Lipinski definition) is 2. The Bertz CT molecular complexity index is 1410. The van der Waals surface area contributed by atoms with Crippen molar-refractivity contribution in [2.45, 2.75) is 26.9 Å². The van der Waals surface area contributed by atoms with Gasteiger partial charge in [-0.3, -0.25) is 14.4 Å². The SMILES string of the molecule is CC(=O)Nc1ccc(NC(=O)C(C)Oc2c(-c3ccc(C)cc3)oc3ccccc3c2=O)cc1. The van der Waals surface area contributed by atoms with E-state index in [0.717, 1.165) is 5.56 Å². The zero-order valence-electron chi connectivity index (χ0n) is 19.0. The Morgan fingerprint density at radius 2 is 1.50 bits per heavy atom. The van der Waals surface area contributed by atoms with Gasteiger partial charge in [-0.25, -0.2) is 0 Å². The summed E-state index contributed by atoms with van der Waals surface area (Å²) < 4.78 is 12.0. The summed E-state index contributed by atoms with van der Waals surface area (Å²) in [5.74, 6) is -0.374. The molecule has 7 heteroatoms. The van der Waals surface area contributed by atoms with Gasteiger partial charge in [0.05, 0.1) is 5.39 Å². The van der Waals surface area contributed by atoms with Crippen LogP contribution in [0.15, 0.2) is 82.0 Å². The Balaban J connectivity index is 1.62. The highest BCUT2D eigenvalue weighted by Gasteiger charge is 2.23. The normalized spacial score (nSPS) is 11.6. The molecule has 0 saturated heterocycles. The van der Waals surface area contributed by atoms with E-state index in [-0.39, 0.29) is 22.8 Å². The molecule has 2 amide bonds. The van der Waals surface area contributed by atoms with Crippen molar-refractivity contribution in [2.75, 3.05) is 10.6 Å². The molecule has 0 spiro atoms. The first-order chi connectivity index (χ1) is 16.3. The fourth-order valence-electron chi connectivity index (χ4n) is 3.44. The number of carbonyl (C=O) groups is 2. The summed E-state index contributed by atoms with van der Waals surface area (Å²) in [5.41, 5.74) is 2.96. The first-order valence-electron chi connectivity index (χ1n) is 10.8. The molecule has 172 valence electrons. The number of nitrogens with one attached hydrogen (secondary N) is 2. The van der Waals surface area contributed by atoms with Crippen molar-refractivity contribution in [1.29, 1.82) is 0 Å². The van der Waals surface area contributed by atoms with E-state index >= 15 is 0 Å². The summed E-state index contributed by atoms with van der Waals surface area (Å²) in [7, 11) is 0. The molecule has 1 atom stereocenters. The van der Waals surface area contributed by atoms with Gasteiger partial charge in [-0.2, -0.15) is 0 Å². The number of aryl methyl sites for hydroxylation is 1.